The molecule has 2 aliphatic rings. The van der Waals surface area contributed by atoms with Gasteiger partial charge in [-0.1, -0.05) is 0 Å². The Morgan fingerprint density at radius 2 is 1.93 bits per heavy atom. The third-order valence-corrected chi connectivity index (χ3v) is 3.30. The summed E-state index contributed by atoms with van der Waals surface area (Å²) in [6.45, 7) is 7.40. The van der Waals surface area contributed by atoms with Gasteiger partial charge in [0.1, 0.15) is 0 Å². The van der Waals surface area contributed by atoms with Crippen LogP contribution in [0.1, 0.15) is 39.0 Å². The third-order valence-electron chi connectivity index (χ3n) is 3.30. The average Bonchev–Trinajstić information content (AvgIpc) is 2.41. The SMILES string of the molecule is CCN1CCC[N+]2=C1CCCCC2.[OH-]. The van der Waals surface area contributed by atoms with Crippen LogP contribution in [0, 0.1) is 0 Å². The van der Waals surface area contributed by atoms with E-state index < -0.39 is 0 Å². The maximum Gasteiger partial charge on any atom is 0.246 e. The molecule has 1 N–H and O–H groups in total. The first kappa shape index (κ1) is 11.5. The standard InChI is InChI=1S/C11H21N2.H2O/c1-2-12-9-6-10-13-8-5-3-4-7-11(12)13;/h2-10H2,1H3;1H2/q+1;/p-1. The van der Waals surface area contributed by atoms with Crippen molar-refractivity contribution in [3.63, 3.8) is 0 Å². The highest BCUT2D eigenvalue weighted by atomic mass is 16.0. The van der Waals surface area contributed by atoms with Crippen LogP contribution >= 0.6 is 0 Å². The molecule has 0 atom stereocenters. The van der Waals surface area contributed by atoms with Gasteiger partial charge in [-0.15, -0.1) is 0 Å². The van der Waals surface area contributed by atoms with Gasteiger partial charge in [0, 0.05) is 12.8 Å². The van der Waals surface area contributed by atoms with E-state index >= 15 is 0 Å². The number of nitrogens with zero attached hydrogens (tertiary/aromatic N) is 2. The molecule has 82 valence electrons. The number of rotatable bonds is 1. The minimum Gasteiger partial charge on any atom is -0.870 e. The Hall–Kier alpha value is -0.570. The molecule has 2 heterocycles. The molecule has 0 spiro atoms. The van der Waals surface area contributed by atoms with Crippen LogP contribution in [-0.2, 0) is 0 Å². The van der Waals surface area contributed by atoms with Gasteiger partial charge in [-0.25, -0.2) is 0 Å². The molecule has 0 fully saturated rings. The van der Waals surface area contributed by atoms with Crippen LogP contribution in [0.25, 0.3) is 0 Å². The van der Waals surface area contributed by atoms with Gasteiger partial charge >= 0.3 is 0 Å². The predicted octanol–water partition coefficient (Wildman–Crippen LogP) is 1.52. The Morgan fingerprint density at radius 3 is 2.71 bits per heavy atom. The fourth-order valence-electron chi connectivity index (χ4n) is 2.57. The van der Waals surface area contributed by atoms with Gasteiger partial charge in [-0.3, -0.25) is 9.48 Å². The largest absolute Gasteiger partial charge is 0.870 e. The Labute approximate surface area is 86.7 Å². The number of hydrogen-bond donors (Lipinski definition) is 0. The van der Waals surface area contributed by atoms with Crippen molar-refractivity contribution in [3.8, 4) is 0 Å². The van der Waals surface area contributed by atoms with Gasteiger partial charge in [0.2, 0.25) is 5.84 Å². The van der Waals surface area contributed by atoms with Crippen molar-refractivity contribution < 1.29 is 10.1 Å². The number of hydrogen-bond acceptors (Lipinski definition) is 2. The molecule has 3 heteroatoms. The summed E-state index contributed by atoms with van der Waals surface area (Å²) in [6.07, 6.45) is 6.92. The van der Waals surface area contributed by atoms with Crippen LogP contribution in [0.5, 0.6) is 0 Å². The molecule has 0 aromatic heterocycles. The molecule has 2 rings (SSSR count). The molecule has 0 unspecified atom stereocenters. The van der Waals surface area contributed by atoms with E-state index in [0.717, 1.165) is 0 Å². The van der Waals surface area contributed by atoms with Crippen molar-refractivity contribution in [2.45, 2.75) is 39.0 Å². The van der Waals surface area contributed by atoms with Crippen LogP contribution in [-0.4, -0.2) is 47.0 Å². The van der Waals surface area contributed by atoms with E-state index in [2.05, 4.69) is 16.4 Å². The first-order valence-electron chi connectivity index (χ1n) is 5.77. The molecular weight excluding hydrogens is 176 g/mol. The zero-order chi connectivity index (χ0) is 9.10. The summed E-state index contributed by atoms with van der Waals surface area (Å²) in [5, 5.41) is 0. The quantitative estimate of drug-likeness (QED) is 0.599. The Balaban J connectivity index is 0.000000980. The normalized spacial score (nSPS) is 22.5. The molecule has 0 aliphatic carbocycles. The van der Waals surface area contributed by atoms with E-state index in [0.29, 0.717) is 0 Å². The van der Waals surface area contributed by atoms with Gasteiger partial charge in [0.05, 0.1) is 26.2 Å². The van der Waals surface area contributed by atoms with Crippen LogP contribution in [0.3, 0.4) is 0 Å². The highest BCUT2D eigenvalue weighted by molar-refractivity contribution is 5.77. The van der Waals surface area contributed by atoms with Gasteiger partial charge in [-0.05, 0) is 26.2 Å². The zero-order valence-corrected chi connectivity index (χ0v) is 9.21. The summed E-state index contributed by atoms with van der Waals surface area (Å²) in [5.74, 6) is 1.64. The molecule has 0 aromatic rings. The molecule has 0 saturated heterocycles. The third kappa shape index (κ3) is 2.27. The van der Waals surface area contributed by atoms with Crippen molar-refractivity contribution >= 4 is 5.84 Å². The highest BCUT2D eigenvalue weighted by Crippen LogP contribution is 2.14. The first-order chi connectivity index (χ1) is 6.42. The topological polar surface area (TPSA) is 36.2 Å². The molecule has 2 aliphatic heterocycles. The van der Waals surface area contributed by atoms with E-state index in [4.69, 9.17) is 0 Å². The Bertz CT molecular complexity index is 213. The second-order valence-corrected chi connectivity index (χ2v) is 4.15. The zero-order valence-electron chi connectivity index (χ0n) is 9.21. The molecule has 0 radical (unpaired) electrons. The van der Waals surface area contributed by atoms with Crippen LogP contribution in [0.2, 0.25) is 0 Å². The van der Waals surface area contributed by atoms with Gasteiger partial charge in [-0.2, -0.15) is 0 Å². The fourth-order valence-corrected chi connectivity index (χ4v) is 2.57. The van der Waals surface area contributed by atoms with Crippen LogP contribution in [0.15, 0.2) is 0 Å². The van der Waals surface area contributed by atoms with E-state index in [1.165, 1.54) is 58.3 Å². The smallest absolute Gasteiger partial charge is 0.246 e. The Kier molecular flexibility index (Phi) is 4.39. The lowest BCUT2D eigenvalue weighted by Gasteiger charge is -2.25. The molecule has 0 amide bonds. The second kappa shape index (κ2) is 5.35. The lowest BCUT2D eigenvalue weighted by Crippen LogP contribution is -2.43. The van der Waals surface area contributed by atoms with Crippen molar-refractivity contribution in [3.05, 3.63) is 0 Å². The van der Waals surface area contributed by atoms with Crippen LogP contribution in [0.4, 0.5) is 0 Å². The summed E-state index contributed by atoms with van der Waals surface area (Å²) in [6, 6.07) is 0. The fraction of sp³-hybridized carbons (Fsp3) is 0.909. The lowest BCUT2D eigenvalue weighted by molar-refractivity contribution is -0.538. The minimum atomic E-state index is 0. The lowest BCUT2D eigenvalue weighted by atomic mass is 10.2. The van der Waals surface area contributed by atoms with Crippen molar-refractivity contribution in [2.75, 3.05) is 26.2 Å². The van der Waals surface area contributed by atoms with E-state index in [9.17, 15) is 0 Å². The molecule has 0 bridgehead atoms. The Morgan fingerprint density at radius 1 is 1.14 bits per heavy atom. The maximum atomic E-state index is 2.62. The molecular formula is C11H22N2O. The predicted molar refractivity (Wildman–Crippen MR) is 57.3 cm³/mol. The average molecular weight is 198 g/mol. The van der Waals surface area contributed by atoms with Gasteiger partial charge in [0.15, 0.2) is 0 Å². The van der Waals surface area contributed by atoms with Gasteiger partial charge < -0.3 is 5.48 Å². The van der Waals surface area contributed by atoms with Gasteiger partial charge in [0.25, 0.3) is 0 Å². The van der Waals surface area contributed by atoms with Crippen molar-refractivity contribution in [1.29, 1.82) is 0 Å². The molecule has 0 aromatic carbocycles. The van der Waals surface area contributed by atoms with E-state index in [-0.39, 0.29) is 5.48 Å². The molecule has 14 heavy (non-hydrogen) atoms. The summed E-state index contributed by atoms with van der Waals surface area (Å²) in [4.78, 5) is 2.58. The number of amidine groups is 1. The van der Waals surface area contributed by atoms with Crippen molar-refractivity contribution in [1.82, 2.24) is 4.90 Å². The van der Waals surface area contributed by atoms with Crippen LogP contribution < -0.4 is 0 Å². The minimum absolute atomic E-state index is 0. The molecule has 3 nitrogen and oxygen atoms in total. The summed E-state index contributed by atoms with van der Waals surface area (Å²) < 4.78 is 2.62. The highest BCUT2D eigenvalue weighted by Gasteiger charge is 2.26. The van der Waals surface area contributed by atoms with Crippen molar-refractivity contribution in [2.24, 2.45) is 0 Å². The second-order valence-electron chi connectivity index (χ2n) is 4.15. The summed E-state index contributed by atoms with van der Waals surface area (Å²) in [7, 11) is 0. The first-order valence-corrected chi connectivity index (χ1v) is 5.77. The summed E-state index contributed by atoms with van der Waals surface area (Å²) >= 11 is 0. The molecule has 0 saturated carbocycles. The summed E-state index contributed by atoms with van der Waals surface area (Å²) in [5.41, 5.74) is 0. The monoisotopic (exact) mass is 198 g/mol. The maximum absolute atomic E-state index is 2.62. The van der Waals surface area contributed by atoms with E-state index in [1.54, 1.807) is 5.84 Å². The van der Waals surface area contributed by atoms with E-state index in [1.807, 2.05) is 0 Å².